The number of halogens is 1. The monoisotopic (exact) mass is 390 g/mol. The quantitative estimate of drug-likeness (QED) is 0.714. The molecule has 130 valence electrons. The third-order valence-electron chi connectivity index (χ3n) is 7.64. The Kier molecular flexibility index (Phi) is 3.58. The summed E-state index contributed by atoms with van der Waals surface area (Å²) in [5.41, 5.74) is 1.41. The second-order valence-corrected chi connectivity index (χ2v) is 9.41. The highest BCUT2D eigenvalue weighted by Gasteiger charge is 2.80. The summed E-state index contributed by atoms with van der Waals surface area (Å²) in [4.78, 5) is 18.3. The number of carbonyl (C=O) groups excluding carboxylic acids is 1. The van der Waals surface area contributed by atoms with Crippen LogP contribution in [0.2, 0.25) is 0 Å². The van der Waals surface area contributed by atoms with Crippen LogP contribution in [0, 0.1) is 16.2 Å². The maximum atomic E-state index is 13.4. The second kappa shape index (κ2) is 5.23. The van der Waals surface area contributed by atoms with Crippen LogP contribution < -0.4 is 4.90 Å². The smallest absolute Gasteiger partial charge is 0.230 e. The number of nitrogens with zero attached hydrogens (tertiary/aromatic N) is 2. The van der Waals surface area contributed by atoms with E-state index in [1.54, 1.807) is 0 Å². The first-order valence-corrected chi connectivity index (χ1v) is 10.00. The number of hydrogen-bond acceptors (Lipinski definition) is 2. The molecule has 0 N–H and O–H groups in total. The van der Waals surface area contributed by atoms with Crippen molar-refractivity contribution in [2.24, 2.45) is 16.2 Å². The Bertz CT molecular complexity index is 653. The molecule has 0 aromatic heterocycles. The molecule has 3 nitrogen and oxygen atoms in total. The zero-order valence-corrected chi connectivity index (χ0v) is 16.5. The van der Waals surface area contributed by atoms with Gasteiger partial charge in [-0.2, -0.15) is 0 Å². The van der Waals surface area contributed by atoms with Crippen LogP contribution in [-0.4, -0.2) is 41.8 Å². The molecule has 3 saturated carbocycles. The van der Waals surface area contributed by atoms with E-state index in [0.717, 1.165) is 39.0 Å². The van der Waals surface area contributed by atoms with Gasteiger partial charge < -0.3 is 9.80 Å². The molecule has 1 heterocycles. The molecule has 3 aliphatic carbocycles. The zero-order chi connectivity index (χ0) is 17.2. The van der Waals surface area contributed by atoms with E-state index in [0.29, 0.717) is 10.7 Å². The number of para-hydroxylation sites is 1. The normalized spacial score (nSPS) is 37.2. The van der Waals surface area contributed by atoms with Crippen molar-refractivity contribution in [3.8, 4) is 0 Å². The average Bonchev–Trinajstić information content (AvgIpc) is 3.02. The Morgan fingerprint density at radius 2 is 1.67 bits per heavy atom. The summed E-state index contributed by atoms with van der Waals surface area (Å²) in [6.07, 6.45) is 2.19. The Hall–Kier alpha value is -1.03. The summed E-state index contributed by atoms with van der Waals surface area (Å²) in [7, 11) is 0. The van der Waals surface area contributed by atoms with E-state index in [-0.39, 0.29) is 16.2 Å². The lowest BCUT2D eigenvalue weighted by Crippen LogP contribution is -2.70. The van der Waals surface area contributed by atoms with Crippen LogP contribution in [0.15, 0.2) is 30.3 Å². The molecule has 0 spiro atoms. The molecule has 5 rings (SSSR count). The number of piperazine rings is 1. The fourth-order valence-corrected chi connectivity index (χ4v) is 7.31. The molecule has 4 aliphatic rings. The number of carbonyl (C=O) groups is 1. The van der Waals surface area contributed by atoms with Crippen molar-refractivity contribution in [3.63, 3.8) is 0 Å². The Balaban J connectivity index is 1.48. The van der Waals surface area contributed by atoms with E-state index in [2.05, 4.69) is 70.8 Å². The minimum atomic E-state index is -0.198. The fourth-order valence-electron chi connectivity index (χ4n) is 5.52. The van der Waals surface area contributed by atoms with E-state index >= 15 is 0 Å². The van der Waals surface area contributed by atoms with E-state index < -0.39 is 0 Å². The number of rotatable bonds is 2. The Morgan fingerprint density at radius 1 is 1.04 bits per heavy atom. The first-order valence-electron chi connectivity index (χ1n) is 9.08. The molecule has 1 aromatic rings. The van der Waals surface area contributed by atoms with Crippen LogP contribution in [0.5, 0.6) is 0 Å². The molecule has 1 aromatic carbocycles. The van der Waals surface area contributed by atoms with Crippen LogP contribution in [-0.2, 0) is 4.79 Å². The standard InChI is InChI=1S/C20H27BrN2O/c1-18(2)19(3)9-10-20(18,16(19)21)17(24)23-13-11-22(12-14-23)15-7-5-4-6-8-15/h4-8,16H,9-14H2,1-3H3. The van der Waals surface area contributed by atoms with Crippen molar-refractivity contribution >= 4 is 27.5 Å². The predicted molar refractivity (Wildman–Crippen MR) is 102 cm³/mol. The molecular formula is C20H27BrN2O. The van der Waals surface area contributed by atoms with Gasteiger partial charge in [0.05, 0.1) is 5.41 Å². The van der Waals surface area contributed by atoms with Gasteiger partial charge in [0.25, 0.3) is 0 Å². The number of alkyl halides is 1. The van der Waals surface area contributed by atoms with Crippen molar-refractivity contribution in [2.75, 3.05) is 31.1 Å². The first kappa shape index (κ1) is 16.4. The summed E-state index contributed by atoms with van der Waals surface area (Å²) in [5, 5.41) is 0. The lowest BCUT2D eigenvalue weighted by molar-refractivity contribution is -0.173. The first-order chi connectivity index (χ1) is 11.3. The largest absolute Gasteiger partial charge is 0.368 e. The molecule has 4 heteroatoms. The topological polar surface area (TPSA) is 23.6 Å². The highest BCUT2D eigenvalue weighted by molar-refractivity contribution is 9.09. The molecule has 3 atom stereocenters. The Labute approximate surface area is 153 Å². The number of amides is 1. The highest BCUT2D eigenvalue weighted by atomic mass is 79.9. The van der Waals surface area contributed by atoms with Crippen LogP contribution in [0.1, 0.15) is 33.6 Å². The Morgan fingerprint density at radius 3 is 2.17 bits per heavy atom. The molecule has 4 fully saturated rings. The van der Waals surface area contributed by atoms with Gasteiger partial charge in [-0.25, -0.2) is 0 Å². The fraction of sp³-hybridized carbons (Fsp3) is 0.650. The van der Waals surface area contributed by atoms with Crippen molar-refractivity contribution in [2.45, 2.75) is 38.4 Å². The lowest BCUT2D eigenvalue weighted by Gasteiger charge is -2.65. The third-order valence-corrected chi connectivity index (χ3v) is 9.44. The minimum Gasteiger partial charge on any atom is -0.368 e. The average molecular weight is 391 g/mol. The van der Waals surface area contributed by atoms with Crippen LogP contribution in [0.4, 0.5) is 5.69 Å². The van der Waals surface area contributed by atoms with Crippen molar-refractivity contribution < 1.29 is 4.79 Å². The third kappa shape index (κ3) is 1.81. The molecule has 3 unspecified atom stereocenters. The molecule has 24 heavy (non-hydrogen) atoms. The predicted octanol–water partition coefficient (Wildman–Crippen LogP) is 3.93. The van der Waals surface area contributed by atoms with Crippen LogP contribution >= 0.6 is 15.9 Å². The summed E-state index contributed by atoms with van der Waals surface area (Å²) in [6.45, 7) is 10.5. The summed E-state index contributed by atoms with van der Waals surface area (Å²) in [6, 6.07) is 10.5. The van der Waals surface area contributed by atoms with Gasteiger partial charge in [-0.3, -0.25) is 4.79 Å². The number of benzene rings is 1. The van der Waals surface area contributed by atoms with Gasteiger partial charge in [-0.1, -0.05) is 54.9 Å². The lowest BCUT2D eigenvalue weighted by atomic mass is 9.43. The van der Waals surface area contributed by atoms with Gasteiger partial charge in [0.1, 0.15) is 0 Å². The maximum Gasteiger partial charge on any atom is 0.230 e. The van der Waals surface area contributed by atoms with Crippen LogP contribution in [0.25, 0.3) is 0 Å². The van der Waals surface area contributed by atoms with Crippen molar-refractivity contribution in [1.82, 2.24) is 4.90 Å². The molecular weight excluding hydrogens is 364 g/mol. The number of anilines is 1. The van der Waals surface area contributed by atoms with E-state index in [1.807, 2.05) is 6.07 Å². The summed E-state index contributed by atoms with van der Waals surface area (Å²) >= 11 is 3.90. The van der Waals surface area contributed by atoms with Crippen LogP contribution in [0.3, 0.4) is 0 Å². The molecule has 1 saturated heterocycles. The maximum absolute atomic E-state index is 13.4. The summed E-state index contributed by atoms with van der Waals surface area (Å²) < 4.78 is 0. The van der Waals surface area contributed by atoms with Gasteiger partial charge in [0.2, 0.25) is 5.91 Å². The van der Waals surface area contributed by atoms with Gasteiger partial charge >= 0.3 is 0 Å². The SMILES string of the molecule is CC12CCC(C(=O)N3CCN(c4ccccc4)CC3)(C1Br)C2(C)C. The summed E-state index contributed by atoms with van der Waals surface area (Å²) in [5.74, 6) is 0.386. The van der Waals surface area contributed by atoms with E-state index in [9.17, 15) is 4.79 Å². The van der Waals surface area contributed by atoms with Gasteiger partial charge in [0.15, 0.2) is 0 Å². The molecule has 2 bridgehead atoms. The van der Waals surface area contributed by atoms with Crippen molar-refractivity contribution in [3.05, 3.63) is 30.3 Å². The van der Waals surface area contributed by atoms with Gasteiger partial charge in [0, 0.05) is 36.7 Å². The zero-order valence-electron chi connectivity index (χ0n) is 14.9. The number of hydrogen-bond donors (Lipinski definition) is 0. The van der Waals surface area contributed by atoms with Gasteiger partial charge in [-0.15, -0.1) is 0 Å². The molecule has 1 amide bonds. The molecule has 1 aliphatic heterocycles. The van der Waals surface area contributed by atoms with E-state index in [4.69, 9.17) is 0 Å². The van der Waals surface area contributed by atoms with Gasteiger partial charge in [-0.05, 0) is 35.8 Å². The number of fused-ring (bicyclic) bond motifs is 1. The highest BCUT2D eigenvalue weighted by Crippen LogP contribution is 2.80. The second-order valence-electron chi connectivity index (χ2n) is 8.49. The molecule has 0 radical (unpaired) electrons. The van der Waals surface area contributed by atoms with Crippen molar-refractivity contribution in [1.29, 1.82) is 0 Å². The minimum absolute atomic E-state index is 0.0851. The van der Waals surface area contributed by atoms with E-state index in [1.165, 1.54) is 5.69 Å².